The number of carbonyl (C=O) groups is 2. The summed E-state index contributed by atoms with van der Waals surface area (Å²) >= 11 is 0. The lowest BCUT2D eigenvalue weighted by molar-refractivity contribution is 0.0287. The standard InChI is InChI=1S/C24H30N2O5/c1-24(2,3)31-23(28)26-19(15-17-11-7-9-13-21(17)30-5)18(25-22(26)27)14-16-10-6-8-12-20(16)29-4/h6-13,18-19H,14-15H2,1-5H3,(H,25,27)/t18-,19-/m0/s1. The Kier molecular flexibility index (Phi) is 6.73. The van der Waals surface area contributed by atoms with Crippen LogP contribution in [0.25, 0.3) is 0 Å². The summed E-state index contributed by atoms with van der Waals surface area (Å²) < 4.78 is 16.5. The van der Waals surface area contributed by atoms with Crippen LogP contribution in [0.4, 0.5) is 9.59 Å². The third kappa shape index (κ3) is 5.29. The Balaban J connectivity index is 1.95. The molecule has 0 spiro atoms. The van der Waals surface area contributed by atoms with Crippen molar-refractivity contribution in [3.05, 3.63) is 59.7 Å². The minimum absolute atomic E-state index is 0.318. The van der Waals surface area contributed by atoms with Crippen molar-refractivity contribution in [2.24, 2.45) is 0 Å². The summed E-state index contributed by atoms with van der Waals surface area (Å²) in [4.78, 5) is 27.0. The quantitative estimate of drug-likeness (QED) is 0.750. The summed E-state index contributed by atoms with van der Waals surface area (Å²) in [5, 5.41) is 2.97. The molecule has 3 amide bonds. The molecule has 0 bridgehead atoms. The fourth-order valence-electron chi connectivity index (χ4n) is 3.81. The number of nitrogens with one attached hydrogen (secondary N) is 1. The molecule has 0 aromatic heterocycles. The highest BCUT2D eigenvalue weighted by molar-refractivity contribution is 5.93. The van der Waals surface area contributed by atoms with Crippen LogP contribution in [-0.2, 0) is 17.6 Å². The smallest absolute Gasteiger partial charge is 0.418 e. The third-order valence-electron chi connectivity index (χ3n) is 5.17. The number of ether oxygens (including phenoxy) is 3. The van der Waals surface area contributed by atoms with E-state index in [1.54, 1.807) is 35.0 Å². The molecule has 2 aromatic carbocycles. The number of carbonyl (C=O) groups excluding carboxylic acids is 2. The Morgan fingerprint density at radius 1 is 0.935 bits per heavy atom. The van der Waals surface area contributed by atoms with Gasteiger partial charge in [-0.1, -0.05) is 36.4 Å². The van der Waals surface area contributed by atoms with E-state index >= 15 is 0 Å². The van der Waals surface area contributed by atoms with E-state index in [1.165, 1.54) is 4.90 Å². The number of rotatable bonds is 6. The molecule has 7 nitrogen and oxygen atoms in total. The molecule has 1 heterocycles. The number of benzene rings is 2. The summed E-state index contributed by atoms with van der Waals surface area (Å²) in [6, 6.07) is 14.0. The molecule has 1 N–H and O–H groups in total. The van der Waals surface area contributed by atoms with Gasteiger partial charge in [0, 0.05) is 0 Å². The average Bonchev–Trinajstić information content (AvgIpc) is 3.02. The van der Waals surface area contributed by atoms with Gasteiger partial charge in [0.05, 0.1) is 26.3 Å². The second-order valence-electron chi connectivity index (χ2n) is 8.51. The van der Waals surface area contributed by atoms with Gasteiger partial charge in [0.25, 0.3) is 0 Å². The predicted octanol–water partition coefficient (Wildman–Crippen LogP) is 4.19. The molecule has 1 fully saturated rings. The van der Waals surface area contributed by atoms with Crippen LogP contribution in [0.3, 0.4) is 0 Å². The van der Waals surface area contributed by atoms with E-state index in [2.05, 4.69) is 5.32 Å². The molecule has 0 unspecified atom stereocenters. The molecule has 1 aliphatic rings. The Labute approximate surface area is 183 Å². The lowest BCUT2D eigenvalue weighted by atomic mass is 9.94. The number of nitrogens with zero attached hydrogens (tertiary/aromatic N) is 1. The molecule has 1 aliphatic heterocycles. The van der Waals surface area contributed by atoms with Crippen molar-refractivity contribution in [2.75, 3.05) is 14.2 Å². The molecule has 31 heavy (non-hydrogen) atoms. The van der Waals surface area contributed by atoms with Gasteiger partial charge < -0.3 is 19.5 Å². The molecule has 166 valence electrons. The number of amides is 3. The second-order valence-corrected chi connectivity index (χ2v) is 8.51. The maximum Gasteiger partial charge on any atom is 0.418 e. The first-order chi connectivity index (χ1) is 14.7. The minimum atomic E-state index is -0.715. The zero-order chi connectivity index (χ0) is 22.6. The van der Waals surface area contributed by atoms with Crippen LogP contribution in [-0.4, -0.2) is 48.9 Å². The summed E-state index contributed by atoms with van der Waals surface area (Å²) in [7, 11) is 3.22. The van der Waals surface area contributed by atoms with E-state index in [4.69, 9.17) is 14.2 Å². The highest BCUT2D eigenvalue weighted by Crippen LogP contribution is 2.29. The van der Waals surface area contributed by atoms with Crippen LogP contribution in [0, 0.1) is 0 Å². The highest BCUT2D eigenvalue weighted by Gasteiger charge is 2.45. The zero-order valence-corrected chi connectivity index (χ0v) is 18.7. The fraction of sp³-hybridized carbons (Fsp3) is 0.417. The minimum Gasteiger partial charge on any atom is -0.496 e. The van der Waals surface area contributed by atoms with E-state index < -0.39 is 23.8 Å². The van der Waals surface area contributed by atoms with E-state index in [0.717, 1.165) is 16.9 Å². The van der Waals surface area contributed by atoms with Crippen molar-refractivity contribution in [1.82, 2.24) is 10.2 Å². The first-order valence-corrected chi connectivity index (χ1v) is 10.3. The highest BCUT2D eigenvalue weighted by atomic mass is 16.6. The zero-order valence-electron chi connectivity index (χ0n) is 18.7. The SMILES string of the molecule is COc1ccccc1C[C@@H]1NC(=O)N(C(=O)OC(C)(C)C)[C@H]1Cc1ccccc1OC. The predicted molar refractivity (Wildman–Crippen MR) is 118 cm³/mol. The first-order valence-electron chi connectivity index (χ1n) is 10.3. The summed E-state index contributed by atoms with van der Waals surface area (Å²) in [5.41, 5.74) is 1.14. The van der Waals surface area contributed by atoms with E-state index in [9.17, 15) is 9.59 Å². The molecular formula is C24H30N2O5. The van der Waals surface area contributed by atoms with Crippen LogP contribution in [0.15, 0.2) is 48.5 Å². The van der Waals surface area contributed by atoms with Gasteiger partial charge in [0.1, 0.15) is 17.1 Å². The topological polar surface area (TPSA) is 77.1 Å². The van der Waals surface area contributed by atoms with Crippen LogP contribution < -0.4 is 14.8 Å². The summed E-state index contributed by atoms with van der Waals surface area (Å²) in [6.45, 7) is 5.33. The number of urea groups is 1. The molecule has 0 aliphatic carbocycles. The largest absolute Gasteiger partial charge is 0.496 e. The third-order valence-corrected chi connectivity index (χ3v) is 5.17. The number of hydrogen-bond donors (Lipinski definition) is 1. The van der Waals surface area contributed by atoms with E-state index in [1.807, 2.05) is 48.5 Å². The van der Waals surface area contributed by atoms with Crippen molar-refractivity contribution in [3.63, 3.8) is 0 Å². The number of para-hydroxylation sites is 2. The van der Waals surface area contributed by atoms with Gasteiger partial charge in [0.2, 0.25) is 0 Å². The Bertz CT molecular complexity index is 938. The van der Waals surface area contributed by atoms with Crippen molar-refractivity contribution in [3.8, 4) is 11.5 Å². The van der Waals surface area contributed by atoms with Gasteiger partial charge in [-0.05, 0) is 56.9 Å². The maximum absolute atomic E-state index is 12.9. The van der Waals surface area contributed by atoms with Crippen LogP contribution >= 0.6 is 0 Å². The number of methoxy groups -OCH3 is 2. The van der Waals surface area contributed by atoms with Gasteiger partial charge in [0.15, 0.2) is 0 Å². The van der Waals surface area contributed by atoms with Crippen molar-refractivity contribution in [2.45, 2.75) is 51.3 Å². The summed E-state index contributed by atoms with van der Waals surface area (Å²) in [6.07, 6.45) is 0.281. The van der Waals surface area contributed by atoms with Crippen molar-refractivity contribution >= 4 is 12.1 Å². The molecule has 7 heteroatoms. The molecule has 2 atom stereocenters. The van der Waals surface area contributed by atoms with Gasteiger partial charge in [-0.2, -0.15) is 0 Å². The monoisotopic (exact) mass is 426 g/mol. The molecule has 1 saturated heterocycles. The van der Waals surface area contributed by atoms with E-state index in [0.29, 0.717) is 18.6 Å². The lowest BCUT2D eigenvalue weighted by Gasteiger charge is -2.28. The molecular weight excluding hydrogens is 396 g/mol. The van der Waals surface area contributed by atoms with Gasteiger partial charge in [-0.3, -0.25) is 0 Å². The normalized spacial score (nSPS) is 18.5. The molecule has 0 radical (unpaired) electrons. The van der Waals surface area contributed by atoms with Gasteiger partial charge in [-0.25, -0.2) is 14.5 Å². The lowest BCUT2D eigenvalue weighted by Crippen LogP contribution is -2.45. The maximum atomic E-state index is 12.9. The molecule has 2 aromatic rings. The molecule has 3 rings (SSSR count). The van der Waals surface area contributed by atoms with Crippen LogP contribution in [0.1, 0.15) is 31.9 Å². The fourth-order valence-corrected chi connectivity index (χ4v) is 3.81. The second kappa shape index (κ2) is 9.29. The first kappa shape index (κ1) is 22.5. The van der Waals surface area contributed by atoms with Gasteiger partial charge >= 0.3 is 12.1 Å². The van der Waals surface area contributed by atoms with Crippen molar-refractivity contribution in [1.29, 1.82) is 0 Å². The Morgan fingerprint density at radius 3 is 1.97 bits per heavy atom. The number of imide groups is 1. The van der Waals surface area contributed by atoms with Crippen molar-refractivity contribution < 1.29 is 23.8 Å². The van der Waals surface area contributed by atoms with E-state index in [-0.39, 0.29) is 6.04 Å². The summed E-state index contributed by atoms with van der Waals surface area (Å²) in [5.74, 6) is 1.45. The number of hydrogen-bond acceptors (Lipinski definition) is 5. The Hall–Kier alpha value is -3.22. The van der Waals surface area contributed by atoms with Crippen LogP contribution in [0.2, 0.25) is 0 Å². The van der Waals surface area contributed by atoms with Crippen LogP contribution in [0.5, 0.6) is 11.5 Å². The van der Waals surface area contributed by atoms with Gasteiger partial charge in [-0.15, -0.1) is 0 Å². The Morgan fingerprint density at radius 2 is 1.45 bits per heavy atom. The molecule has 0 saturated carbocycles. The average molecular weight is 427 g/mol.